The Morgan fingerprint density at radius 1 is 1.05 bits per heavy atom. The SMILES string of the molecule is COc1ccc([C@H]2O[C@@H]2C(=O)c2ccc(C)cc2)cc1. The van der Waals surface area contributed by atoms with Gasteiger partial charge in [-0.2, -0.15) is 0 Å². The number of hydrogen-bond donors (Lipinski definition) is 0. The average molecular weight is 268 g/mol. The van der Waals surface area contributed by atoms with Gasteiger partial charge < -0.3 is 9.47 Å². The number of carbonyl (C=O) groups excluding carboxylic acids is 1. The van der Waals surface area contributed by atoms with Gasteiger partial charge in [-0.25, -0.2) is 0 Å². The van der Waals surface area contributed by atoms with Crippen molar-refractivity contribution in [2.45, 2.75) is 19.1 Å². The summed E-state index contributed by atoms with van der Waals surface area (Å²) < 4.78 is 10.6. The first-order valence-electron chi connectivity index (χ1n) is 6.59. The van der Waals surface area contributed by atoms with Crippen LogP contribution in [0.1, 0.15) is 27.6 Å². The largest absolute Gasteiger partial charge is 0.497 e. The fourth-order valence-electron chi connectivity index (χ4n) is 2.24. The fraction of sp³-hybridized carbons (Fsp3) is 0.235. The van der Waals surface area contributed by atoms with Crippen molar-refractivity contribution in [2.24, 2.45) is 0 Å². The minimum absolute atomic E-state index is 0.0471. The lowest BCUT2D eigenvalue weighted by atomic mass is 10.0. The predicted molar refractivity (Wildman–Crippen MR) is 76.1 cm³/mol. The van der Waals surface area contributed by atoms with Crippen molar-refractivity contribution in [3.63, 3.8) is 0 Å². The number of rotatable bonds is 4. The normalized spacial score (nSPS) is 20.5. The summed E-state index contributed by atoms with van der Waals surface area (Å²) in [6, 6.07) is 15.2. The van der Waals surface area contributed by atoms with Crippen LogP contribution < -0.4 is 4.74 Å². The molecule has 3 rings (SSSR count). The van der Waals surface area contributed by atoms with Crippen LogP contribution in [-0.4, -0.2) is 19.0 Å². The minimum Gasteiger partial charge on any atom is -0.497 e. The van der Waals surface area contributed by atoms with Crippen molar-refractivity contribution in [3.8, 4) is 5.75 Å². The molecule has 1 saturated heterocycles. The molecule has 1 fully saturated rings. The first-order valence-corrected chi connectivity index (χ1v) is 6.59. The van der Waals surface area contributed by atoms with Crippen LogP contribution in [0.25, 0.3) is 0 Å². The van der Waals surface area contributed by atoms with E-state index in [0.717, 1.165) is 16.9 Å². The summed E-state index contributed by atoms with van der Waals surface area (Å²) in [6.07, 6.45) is -0.485. The Balaban J connectivity index is 1.71. The number of epoxide rings is 1. The molecule has 2 aromatic carbocycles. The Labute approximate surface area is 118 Å². The Morgan fingerprint density at radius 3 is 2.30 bits per heavy atom. The molecule has 0 spiro atoms. The van der Waals surface area contributed by atoms with Crippen LogP contribution in [0, 0.1) is 6.92 Å². The van der Waals surface area contributed by atoms with Crippen molar-refractivity contribution in [2.75, 3.05) is 7.11 Å². The number of benzene rings is 2. The van der Waals surface area contributed by atoms with E-state index in [2.05, 4.69) is 0 Å². The van der Waals surface area contributed by atoms with Crippen LogP contribution in [0.4, 0.5) is 0 Å². The molecular formula is C17H16O3. The molecule has 0 saturated carbocycles. The van der Waals surface area contributed by atoms with Gasteiger partial charge in [0.2, 0.25) is 0 Å². The van der Waals surface area contributed by atoms with Crippen LogP contribution in [0.2, 0.25) is 0 Å². The van der Waals surface area contributed by atoms with Gasteiger partial charge in [-0.05, 0) is 24.6 Å². The summed E-state index contributed by atoms with van der Waals surface area (Å²) in [7, 11) is 1.63. The third-order valence-corrected chi connectivity index (χ3v) is 3.53. The number of ether oxygens (including phenoxy) is 2. The van der Waals surface area contributed by atoms with Crippen molar-refractivity contribution in [1.82, 2.24) is 0 Å². The van der Waals surface area contributed by atoms with E-state index >= 15 is 0 Å². The summed E-state index contributed by atoms with van der Waals surface area (Å²) in [4.78, 5) is 12.3. The van der Waals surface area contributed by atoms with Crippen LogP contribution in [0.5, 0.6) is 5.75 Å². The lowest BCUT2D eigenvalue weighted by Gasteiger charge is -2.01. The van der Waals surface area contributed by atoms with Gasteiger partial charge in [0.15, 0.2) is 11.9 Å². The van der Waals surface area contributed by atoms with Gasteiger partial charge in [0, 0.05) is 5.56 Å². The lowest BCUT2D eigenvalue weighted by molar-refractivity contribution is 0.0953. The highest BCUT2D eigenvalue weighted by Gasteiger charge is 2.46. The number of carbonyl (C=O) groups is 1. The molecular weight excluding hydrogens is 252 g/mol. The first-order chi connectivity index (χ1) is 9.69. The molecule has 0 bridgehead atoms. The van der Waals surface area contributed by atoms with Crippen LogP contribution in [0.15, 0.2) is 48.5 Å². The molecule has 0 radical (unpaired) electrons. The molecule has 0 N–H and O–H groups in total. The van der Waals surface area contributed by atoms with Crippen LogP contribution in [0.3, 0.4) is 0 Å². The van der Waals surface area contributed by atoms with E-state index in [4.69, 9.17) is 9.47 Å². The first kappa shape index (κ1) is 12.9. The fourth-order valence-corrected chi connectivity index (χ4v) is 2.24. The molecule has 2 atom stereocenters. The molecule has 1 heterocycles. The van der Waals surface area contributed by atoms with Crippen LogP contribution >= 0.6 is 0 Å². The van der Waals surface area contributed by atoms with Gasteiger partial charge >= 0.3 is 0 Å². The number of methoxy groups -OCH3 is 1. The third kappa shape index (κ3) is 2.45. The molecule has 102 valence electrons. The Morgan fingerprint density at radius 2 is 1.70 bits per heavy atom. The highest BCUT2D eigenvalue weighted by atomic mass is 16.6. The second kappa shape index (κ2) is 5.10. The van der Waals surface area contributed by atoms with Gasteiger partial charge in [0.25, 0.3) is 0 Å². The van der Waals surface area contributed by atoms with Crippen molar-refractivity contribution in [3.05, 3.63) is 65.2 Å². The summed E-state index contributed by atoms with van der Waals surface area (Å²) in [5.41, 5.74) is 2.86. The number of Topliss-reactive ketones (excluding diaryl/α,β-unsaturated/α-hetero) is 1. The molecule has 2 aromatic rings. The molecule has 0 aromatic heterocycles. The number of ketones is 1. The standard InChI is InChI=1S/C17H16O3/c1-11-3-5-12(6-4-11)15(18)17-16(20-17)13-7-9-14(19-2)10-8-13/h3-10,16-17H,1-2H3/t16-,17-/m1/s1. The van der Waals surface area contributed by atoms with Gasteiger partial charge in [0.05, 0.1) is 7.11 Å². The molecule has 3 heteroatoms. The molecule has 0 amide bonds. The molecule has 1 aliphatic heterocycles. The molecule has 0 aliphatic carbocycles. The van der Waals surface area contributed by atoms with Gasteiger partial charge in [-0.3, -0.25) is 4.79 Å². The molecule has 1 aliphatic rings. The van der Waals surface area contributed by atoms with Crippen molar-refractivity contribution >= 4 is 5.78 Å². The maximum Gasteiger partial charge on any atom is 0.194 e. The zero-order valence-electron chi connectivity index (χ0n) is 11.5. The smallest absolute Gasteiger partial charge is 0.194 e. The van der Waals surface area contributed by atoms with E-state index in [1.54, 1.807) is 7.11 Å². The molecule has 20 heavy (non-hydrogen) atoms. The van der Waals surface area contributed by atoms with Gasteiger partial charge in [-0.15, -0.1) is 0 Å². The van der Waals surface area contributed by atoms with Gasteiger partial charge in [0.1, 0.15) is 11.9 Å². The van der Waals surface area contributed by atoms with Crippen LogP contribution in [-0.2, 0) is 4.74 Å². The van der Waals surface area contributed by atoms with E-state index in [-0.39, 0.29) is 18.0 Å². The number of hydrogen-bond acceptors (Lipinski definition) is 3. The molecule has 3 nitrogen and oxygen atoms in total. The second-order valence-corrected chi connectivity index (χ2v) is 4.98. The summed E-state index contributed by atoms with van der Waals surface area (Å²) >= 11 is 0. The quantitative estimate of drug-likeness (QED) is 0.630. The van der Waals surface area contributed by atoms with Crippen molar-refractivity contribution in [1.29, 1.82) is 0 Å². The van der Waals surface area contributed by atoms with E-state index in [9.17, 15) is 4.79 Å². The Bertz CT molecular complexity index is 614. The maximum atomic E-state index is 12.3. The maximum absolute atomic E-state index is 12.3. The Hall–Kier alpha value is -2.13. The zero-order chi connectivity index (χ0) is 14.1. The van der Waals surface area contributed by atoms with E-state index in [0.29, 0.717) is 5.56 Å². The van der Waals surface area contributed by atoms with E-state index in [1.807, 2.05) is 55.5 Å². The van der Waals surface area contributed by atoms with E-state index in [1.165, 1.54) is 0 Å². The molecule has 0 unspecified atom stereocenters. The summed E-state index contributed by atoms with van der Waals surface area (Å²) in [6.45, 7) is 2.00. The summed E-state index contributed by atoms with van der Waals surface area (Å²) in [5.74, 6) is 0.849. The zero-order valence-corrected chi connectivity index (χ0v) is 11.5. The highest BCUT2D eigenvalue weighted by molar-refractivity contribution is 6.01. The lowest BCUT2D eigenvalue weighted by Crippen LogP contribution is -2.08. The Kier molecular flexibility index (Phi) is 3.28. The highest BCUT2D eigenvalue weighted by Crippen LogP contribution is 2.41. The third-order valence-electron chi connectivity index (χ3n) is 3.53. The second-order valence-electron chi connectivity index (χ2n) is 4.98. The van der Waals surface area contributed by atoms with Gasteiger partial charge in [-0.1, -0.05) is 42.0 Å². The monoisotopic (exact) mass is 268 g/mol. The van der Waals surface area contributed by atoms with Crippen molar-refractivity contribution < 1.29 is 14.3 Å². The summed E-state index contributed by atoms with van der Waals surface area (Å²) in [5, 5.41) is 0. The minimum atomic E-state index is -0.355. The average Bonchev–Trinajstić information content (AvgIpc) is 3.28. The predicted octanol–water partition coefficient (Wildman–Crippen LogP) is 3.33. The van der Waals surface area contributed by atoms with E-state index < -0.39 is 0 Å². The topological polar surface area (TPSA) is 38.8 Å². The number of aryl methyl sites for hydroxylation is 1.